The number of aryl methyl sites for hydroxylation is 1. The summed E-state index contributed by atoms with van der Waals surface area (Å²) in [6.45, 7) is 4.60. The van der Waals surface area contributed by atoms with Gasteiger partial charge >= 0.3 is 6.18 Å². The number of rotatable bonds is 4. The van der Waals surface area contributed by atoms with Crippen molar-refractivity contribution in [2.24, 2.45) is 7.05 Å². The summed E-state index contributed by atoms with van der Waals surface area (Å²) in [5, 5.41) is 2.96. The van der Waals surface area contributed by atoms with E-state index in [4.69, 9.17) is 5.73 Å². The molecule has 0 bridgehead atoms. The molecule has 0 saturated carbocycles. The third kappa shape index (κ3) is 4.15. The second kappa shape index (κ2) is 8.10. The zero-order valence-electron chi connectivity index (χ0n) is 18.0. The van der Waals surface area contributed by atoms with E-state index < -0.39 is 24.0 Å². The van der Waals surface area contributed by atoms with Gasteiger partial charge in [-0.2, -0.15) is 13.2 Å². The quantitative estimate of drug-likeness (QED) is 0.459. The fourth-order valence-electron chi connectivity index (χ4n) is 4.14. The summed E-state index contributed by atoms with van der Waals surface area (Å²) in [6, 6.07) is 1.59. The van der Waals surface area contributed by atoms with Crippen molar-refractivity contribution in [2.45, 2.75) is 44.6 Å². The third-order valence-corrected chi connectivity index (χ3v) is 5.72. The average Bonchev–Trinajstić information content (AvgIpc) is 3.06. The summed E-state index contributed by atoms with van der Waals surface area (Å²) in [4.78, 5) is 13.8. The number of hydrogen-bond donors (Lipinski definition) is 2. The minimum Gasteiger partial charge on any atom is -0.397 e. The van der Waals surface area contributed by atoms with E-state index in [-0.39, 0.29) is 24.8 Å². The molecule has 2 aromatic heterocycles. The molecule has 172 valence electrons. The number of nitrogens with two attached hydrogens (primary N) is 1. The summed E-state index contributed by atoms with van der Waals surface area (Å²) in [5.74, 6) is 0.178. The number of piperidine rings is 1. The standard InChI is InChI=1S/C21H25F4N7/c1-11(2)15-5-16-18(29-10-31(16)3)19(17(15)26)32-8-13(22)4-14(9-32)30-20-27-6-12(7-28-20)21(23,24)25/h5-7,10-11,13-14H,4,8-9,26H2,1-3H3,(H,27,28,30)/t13-,14-/m1/s1. The summed E-state index contributed by atoms with van der Waals surface area (Å²) in [6.07, 6.45) is -2.39. The van der Waals surface area contributed by atoms with E-state index in [1.807, 2.05) is 36.4 Å². The highest BCUT2D eigenvalue weighted by Gasteiger charge is 2.33. The van der Waals surface area contributed by atoms with E-state index in [9.17, 15) is 17.6 Å². The molecule has 0 aliphatic carbocycles. The zero-order valence-corrected chi connectivity index (χ0v) is 18.0. The molecular weight excluding hydrogens is 426 g/mol. The van der Waals surface area contributed by atoms with Crippen molar-refractivity contribution in [1.82, 2.24) is 19.5 Å². The number of nitrogens with one attached hydrogen (secondary N) is 1. The van der Waals surface area contributed by atoms with Gasteiger partial charge in [0.05, 0.1) is 28.8 Å². The van der Waals surface area contributed by atoms with Gasteiger partial charge in [-0.25, -0.2) is 19.3 Å². The van der Waals surface area contributed by atoms with Gasteiger partial charge in [-0.15, -0.1) is 0 Å². The number of imidazole rings is 1. The Kier molecular flexibility index (Phi) is 5.59. The Hall–Kier alpha value is -3.11. The molecule has 1 saturated heterocycles. The van der Waals surface area contributed by atoms with Gasteiger partial charge in [0.25, 0.3) is 0 Å². The number of benzene rings is 1. The number of nitrogens with zero attached hydrogens (tertiary/aromatic N) is 5. The molecule has 0 spiro atoms. The van der Waals surface area contributed by atoms with Crippen LogP contribution in [0, 0.1) is 0 Å². The van der Waals surface area contributed by atoms with Gasteiger partial charge in [0.2, 0.25) is 5.95 Å². The van der Waals surface area contributed by atoms with Crippen molar-refractivity contribution in [2.75, 3.05) is 29.0 Å². The predicted octanol–water partition coefficient (Wildman–Crippen LogP) is 4.12. The maximum absolute atomic E-state index is 14.8. The molecule has 1 aromatic carbocycles. The molecule has 0 amide bonds. The molecule has 32 heavy (non-hydrogen) atoms. The van der Waals surface area contributed by atoms with Crippen LogP contribution >= 0.6 is 0 Å². The zero-order chi connectivity index (χ0) is 23.2. The van der Waals surface area contributed by atoms with E-state index in [1.165, 1.54) is 0 Å². The summed E-state index contributed by atoms with van der Waals surface area (Å²) >= 11 is 0. The van der Waals surface area contributed by atoms with Gasteiger partial charge in [-0.05, 0) is 17.5 Å². The lowest BCUT2D eigenvalue weighted by Gasteiger charge is -2.37. The number of hydrogen-bond acceptors (Lipinski definition) is 6. The highest BCUT2D eigenvalue weighted by molar-refractivity contribution is 5.98. The molecule has 4 rings (SSSR count). The van der Waals surface area contributed by atoms with Crippen molar-refractivity contribution < 1.29 is 17.6 Å². The number of fused-ring (bicyclic) bond motifs is 1. The molecule has 1 aliphatic rings. The largest absolute Gasteiger partial charge is 0.419 e. The van der Waals surface area contributed by atoms with E-state index in [0.29, 0.717) is 35.8 Å². The molecule has 3 N–H and O–H groups in total. The van der Waals surface area contributed by atoms with Crippen LogP contribution in [0.4, 0.5) is 34.9 Å². The number of aromatic nitrogens is 4. The third-order valence-electron chi connectivity index (χ3n) is 5.72. The lowest BCUT2D eigenvalue weighted by Crippen LogP contribution is -2.48. The topological polar surface area (TPSA) is 84.9 Å². The minimum absolute atomic E-state index is 0.0175. The Morgan fingerprint density at radius 1 is 1.16 bits per heavy atom. The molecule has 7 nitrogen and oxygen atoms in total. The van der Waals surface area contributed by atoms with Gasteiger partial charge in [0.15, 0.2) is 0 Å². The summed E-state index contributed by atoms with van der Waals surface area (Å²) in [5.41, 5.74) is 9.36. The number of nitrogen functional groups attached to an aromatic ring is 1. The van der Waals surface area contributed by atoms with E-state index in [1.54, 1.807) is 6.33 Å². The van der Waals surface area contributed by atoms with Crippen LogP contribution in [-0.4, -0.2) is 44.8 Å². The summed E-state index contributed by atoms with van der Waals surface area (Å²) < 4.78 is 54.9. The van der Waals surface area contributed by atoms with Gasteiger partial charge in [-0.3, -0.25) is 0 Å². The summed E-state index contributed by atoms with van der Waals surface area (Å²) in [7, 11) is 1.89. The molecular formula is C21H25F4N7. The maximum Gasteiger partial charge on any atom is 0.419 e. The van der Waals surface area contributed by atoms with Gasteiger partial charge in [0.1, 0.15) is 11.7 Å². The van der Waals surface area contributed by atoms with Crippen LogP contribution < -0.4 is 16.0 Å². The van der Waals surface area contributed by atoms with Crippen LogP contribution in [0.15, 0.2) is 24.8 Å². The number of alkyl halides is 4. The molecule has 0 unspecified atom stereocenters. The van der Waals surface area contributed by atoms with Crippen molar-refractivity contribution in [1.29, 1.82) is 0 Å². The Morgan fingerprint density at radius 3 is 2.47 bits per heavy atom. The van der Waals surface area contributed by atoms with Crippen LogP contribution in [0.25, 0.3) is 11.0 Å². The maximum atomic E-state index is 14.8. The molecule has 3 heterocycles. The van der Waals surface area contributed by atoms with Crippen LogP contribution in [0.2, 0.25) is 0 Å². The second-order valence-corrected chi connectivity index (χ2v) is 8.48. The van der Waals surface area contributed by atoms with Crippen molar-refractivity contribution >= 4 is 28.4 Å². The van der Waals surface area contributed by atoms with Crippen LogP contribution in [0.1, 0.15) is 37.3 Å². The van der Waals surface area contributed by atoms with Gasteiger partial charge in [0, 0.05) is 45.0 Å². The van der Waals surface area contributed by atoms with E-state index in [2.05, 4.69) is 20.3 Å². The first-order valence-corrected chi connectivity index (χ1v) is 10.3. The van der Waals surface area contributed by atoms with Crippen LogP contribution in [-0.2, 0) is 13.2 Å². The van der Waals surface area contributed by atoms with E-state index in [0.717, 1.165) is 11.1 Å². The molecule has 1 aliphatic heterocycles. The van der Waals surface area contributed by atoms with Crippen LogP contribution in [0.5, 0.6) is 0 Å². The Balaban J connectivity index is 1.64. The molecule has 11 heteroatoms. The molecule has 2 atom stereocenters. The molecule has 3 aromatic rings. The van der Waals surface area contributed by atoms with E-state index >= 15 is 0 Å². The number of halogens is 4. The highest BCUT2D eigenvalue weighted by atomic mass is 19.4. The Bertz CT molecular complexity index is 1110. The Morgan fingerprint density at radius 2 is 1.84 bits per heavy atom. The fourth-order valence-corrected chi connectivity index (χ4v) is 4.14. The van der Waals surface area contributed by atoms with Crippen molar-refractivity contribution in [3.05, 3.63) is 35.9 Å². The lowest BCUT2D eigenvalue weighted by molar-refractivity contribution is -0.138. The SMILES string of the molecule is CC(C)c1cc2c(ncn2C)c(N2C[C@H](F)C[C@@H](Nc3ncc(C(F)(F)F)cn3)C2)c1N. The first-order valence-electron chi connectivity index (χ1n) is 10.3. The van der Waals surface area contributed by atoms with Crippen molar-refractivity contribution in [3.8, 4) is 0 Å². The van der Waals surface area contributed by atoms with Gasteiger partial charge < -0.3 is 20.5 Å². The lowest BCUT2D eigenvalue weighted by atomic mass is 9.96. The van der Waals surface area contributed by atoms with Crippen molar-refractivity contribution in [3.63, 3.8) is 0 Å². The monoisotopic (exact) mass is 451 g/mol. The van der Waals surface area contributed by atoms with Gasteiger partial charge in [-0.1, -0.05) is 13.8 Å². The first kappa shape index (κ1) is 22.1. The Labute approximate surface area is 182 Å². The smallest absolute Gasteiger partial charge is 0.397 e. The first-order chi connectivity index (χ1) is 15.0. The fraction of sp³-hybridized carbons (Fsp3) is 0.476. The minimum atomic E-state index is -4.52. The average molecular weight is 451 g/mol. The molecule has 1 fully saturated rings. The highest BCUT2D eigenvalue weighted by Crippen LogP contribution is 2.39. The second-order valence-electron chi connectivity index (χ2n) is 8.48. The molecule has 0 radical (unpaired) electrons. The predicted molar refractivity (Wildman–Crippen MR) is 115 cm³/mol. The normalized spacial score (nSPS) is 19.7. The van der Waals surface area contributed by atoms with Crippen LogP contribution in [0.3, 0.4) is 0 Å². The number of anilines is 3.